The van der Waals surface area contributed by atoms with Gasteiger partial charge in [0.1, 0.15) is 11.5 Å². The van der Waals surface area contributed by atoms with Gasteiger partial charge in [-0.15, -0.1) is 0 Å². The quantitative estimate of drug-likeness (QED) is 0.863. The zero-order valence-electron chi connectivity index (χ0n) is 11.1. The van der Waals surface area contributed by atoms with Crippen LogP contribution in [0.1, 0.15) is 12.5 Å². The van der Waals surface area contributed by atoms with Crippen LogP contribution < -0.4 is 14.8 Å². The van der Waals surface area contributed by atoms with Gasteiger partial charge in [-0.2, -0.15) is 0 Å². The lowest BCUT2D eigenvalue weighted by atomic mass is 10.3. The minimum Gasteiger partial charge on any atom is -0.494 e. The van der Waals surface area contributed by atoms with E-state index in [1.165, 1.54) is 0 Å². The molecule has 0 radical (unpaired) electrons. The molecule has 0 amide bonds. The molecule has 0 aliphatic rings. The van der Waals surface area contributed by atoms with Crippen molar-refractivity contribution in [3.05, 3.63) is 42.2 Å². The van der Waals surface area contributed by atoms with Crippen LogP contribution in [0.15, 0.2) is 36.7 Å². The summed E-state index contributed by atoms with van der Waals surface area (Å²) in [4.78, 5) is 8.29. The Morgan fingerprint density at radius 2 is 1.68 bits per heavy atom. The topological polar surface area (TPSA) is 56.3 Å². The van der Waals surface area contributed by atoms with E-state index in [0.717, 1.165) is 17.9 Å². The van der Waals surface area contributed by atoms with E-state index in [9.17, 15) is 0 Å². The van der Waals surface area contributed by atoms with E-state index in [1.54, 1.807) is 12.4 Å². The smallest absolute Gasteiger partial charge is 0.321 e. The summed E-state index contributed by atoms with van der Waals surface area (Å²) in [6.45, 7) is 3.34. The number of ether oxygens (including phenoxy) is 2. The fourth-order valence-electron chi connectivity index (χ4n) is 1.57. The highest BCUT2D eigenvalue weighted by Gasteiger charge is 2.01. The average molecular weight is 259 g/mol. The molecule has 2 rings (SSSR count). The highest BCUT2D eigenvalue weighted by Crippen LogP contribution is 2.21. The lowest BCUT2D eigenvalue weighted by Gasteiger charge is -2.06. The largest absolute Gasteiger partial charge is 0.494 e. The average Bonchev–Trinajstić information content (AvgIpc) is 2.44. The number of aromatic nitrogens is 2. The molecular formula is C14H17N3O2. The van der Waals surface area contributed by atoms with Crippen LogP contribution in [0.3, 0.4) is 0 Å². The molecule has 0 aliphatic carbocycles. The van der Waals surface area contributed by atoms with Crippen molar-refractivity contribution in [2.75, 3.05) is 13.7 Å². The first-order valence-corrected chi connectivity index (χ1v) is 6.18. The van der Waals surface area contributed by atoms with Gasteiger partial charge in [-0.25, -0.2) is 9.97 Å². The van der Waals surface area contributed by atoms with Crippen LogP contribution >= 0.6 is 0 Å². The van der Waals surface area contributed by atoms with Gasteiger partial charge in [-0.3, -0.25) is 0 Å². The van der Waals surface area contributed by atoms with Gasteiger partial charge in [-0.05, 0) is 38.2 Å². The van der Waals surface area contributed by atoms with Gasteiger partial charge in [0, 0.05) is 24.5 Å². The number of hydrogen-bond acceptors (Lipinski definition) is 5. The van der Waals surface area contributed by atoms with Gasteiger partial charge in [0.2, 0.25) is 0 Å². The molecule has 0 bridgehead atoms. The Morgan fingerprint density at radius 3 is 2.26 bits per heavy atom. The summed E-state index contributed by atoms with van der Waals surface area (Å²) < 4.78 is 10.9. The summed E-state index contributed by atoms with van der Waals surface area (Å²) in [7, 11) is 1.88. The van der Waals surface area contributed by atoms with Crippen molar-refractivity contribution in [1.82, 2.24) is 15.3 Å². The van der Waals surface area contributed by atoms with Crippen molar-refractivity contribution in [3.8, 4) is 17.5 Å². The molecule has 0 atom stereocenters. The molecule has 0 unspecified atom stereocenters. The van der Waals surface area contributed by atoms with Crippen LogP contribution in [0.4, 0.5) is 0 Å². The Kier molecular flexibility index (Phi) is 4.69. The molecule has 0 saturated carbocycles. The van der Waals surface area contributed by atoms with E-state index in [-0.39, 0.29) is 0 Å². The number of nitrogens with one attached hydrogen (secondary N) is 1. The fraction of sp³-hybridized carbons (Fsp3) is 0.286. The first-order valence-electron chi connectivity index (χ1n) is 6.18. The van der Waals surface area contributed by atoms with Gasteiger partial charge < -0.3 is 14.8 Å². The molecule has 1 N–H and O–H groups in total. The zero-order chi connectivity index (χ0) is 13.5. The summed E-state index contributed by atoms with van der Waals surface area (Å²) in [5.74, 6) is 1.50. The number of hydrogen-bond donors (Lipinski definition) is 1. The summed E-state index contributed by atoms with van der Waals surface area (Å²) in [5.41, 5.74) is 1.02. The molecule has 2 aromatic rings. The lowest BCUT2D eigenvalue weighted by molar-refractivity contribution is 0.339. The molecule has 0 aliphatic heterocycles. The van der Waals surface area contributed by atoms with Crippen molar-refractivity contribution in [2.45, 2.75) is 13.5 Å². The van der Waals surface area contributed by atoms with Gasteiger partial charge in [-0.1, -0.05) is 0 Å². The van der Waals surface area contributed by atoms with Crippen LogP contribution in [0.2, 0.25) is 0 Å². The minimum atomic E-state index is 0.337. The van der Waals surface area contributed by atoms with E-state index in [0.29, 0.717) is 18.4 Å². The maximum Gasteiger partial charge on any atom is 0.321 e. The molecule has 0 saturated heterocycles. The van der Waals surface area contributed by atoms with E-state index < -0.39 is 0 Å². The van der Waals surface area contributed by atoms with E-state index in [2.05, 4.69) is 15.3 Å². The maximum atomic E-state index is 5.55. The van der Waals surface area contributed by atoms with Crippen LogP contribution in [-0.2, 0) is 6.54 Å². The third-order valence-electron chi connectivity index (χ3n) is 2.41. The summed E-state index contributed by atoms with van der Waals surface area (Å²) in [6, 6.07) is 7.71. The maximum absolute atomic E-state index is 5.55. The van der Waals surface area contributed by atoms with Gasteiger partial charge in [0.15, 0.2) is 0 Å². The molecule has 1 heterocycles. The Balaban J connectivity index is 1.99. The highest BCUT2D eigenvalue weighted by molar-refractivity contribution is 5.32. The standard InChI is InChI=1S/C14H17N3O2/c1-3-18-12-4-6-13(7-5-12)19-14-16-9-11(8-15-2)10-17-14/h4-7,9-10,15H,3,8H2,1-2H3. The Morgan fingerprint density at radius 1 is 1.05 bits per heavy atom. The molecule has 1 aromatic carbocycles. The van der Waals surface area contributed by atoms with Crippen LogP contribution in [0.25, 0.3) is 0 Å². The second-order valence-electron chi connectivity index (χ2n) is 3.91. The summed E-state index contributed by atoms with van der Waals surface area (Å²) in [5, 5.41) is 3.04. The van der Waals surface area contributed by atoms with E-state index >= 15 is 0 Å². The first kappa shape index (κ1) is 13.3. The first-order chi connectivity index (χ1) is 9.31. The summed E-state index contributed by atoms with van der Waals surface area (Å²) >= 11 is 0. The van der Waals surface area contributed by atoms with Crippen molar-refractivity contribution < 1.29 is 9.47 Å². The second-order valence-corrected chi connectivity index (χ2v) is 3.91. The van der Waals surface area contributed by atoms with Crippen LogP contribution in [-0.4, -0.2) is 23.6 Å². The van der Waals surface area contributed by atoms with E-state index in [4.69, 9.17) is 9.47 Å². The molecule has 19 heavy (non-hydrogen) atoms. The predicted molar refractivity (Wildman–Crippen MR) is 72.5 cm³/mol. The second kappa shape index (κ2) is 6.70. The molecule has 1 aromatic heterocycles. The summed E-state index contributed by atoms with van der Waals surface area (Å²) in [6.07, 6.45) is 3.49. The van der Waals surface area contributed by atoms with Crippen molar-refractivity contribution in [1.29, 1.82) is 0 Å². The third kappa shape index (κ3) is 3.93. The molecule has 5 heteroatoms. The minimum absolute atomic E-state index is 0.337. The zero-order valence-corrected chi connectivity index (χ0v) is 11.1. The predicted octanol–water partition coefficient (Wildman–Crippen LogP) is 2.39. The molecule has 0 fully saturated rings. The molecule has 0 spiro atoms. The Bertz CT molecular complexity index is 450. The SMILES string of the molecule is CCOc1ccc(Oc2ncc(CNC)cn2)cc1. The molecule has 100 valence electrons. The van der Waals surface area contributed by atoms with Crippen LogP contribution in [0.5, 0.6) is 17.5 Å². The molecule has 5 nitrogen and oxygen atoms in total. The normalized spacial score (nSPS) is 10.2. The lowest BCUT2D eigenvalue weighted by Crippen LogP contribution is -2.06. The van der Waals surface area contributed by atoms with E-state index in [1.807, 2.05) is 38.2 Å². The van der Waals surface area contributed by atoms with Crippen molar-refractivity contribution >= 4 is 0 Å². The van der Waals surface area contributed by atoms with Crippen molar-refractivity contribution in [2.24, 2.45) is 0 Å². The van der Waals surface area contributed by atoms with Gasteiger partial charge in [0.05, 0.1) is 6.61 Å². The highest BCUT2D eigenvalue weighted by atomic mass is 16.5. The number of rotatable bonds is 6. The van der Waals surface area contributed by atoms with Crippen LogP contribution in [0, 0.1) is 0 Å². The monoisotopic (exact) mass is 259 g/mol. The fourth-order valence-corrected chi connectivity index (χ4v) is 1.57. The van der Waals surface area contributed by atoms with Crippen molar-refractivity contribution in [3.63, 3.8) is 0 Å². The third-order valence-corrected chi connectivity index (χ3v) is 2.41. The Hall–Kier alpha value is -2.14. The Labute approximate surface area is 112 Å². The number of nitrogens with zero attached hydrogens (tertiary/aromatic N) is 2. The number of benzene rings is 1. The van der Waals surface area contributed by atoms with Gasteiger partial charge >= 0.3 is 6.01 Å². The molecular weight excluding hydrogens is 242 g/mol. The van der Waals surface area contributed by atoms with Gasteiger partial charge in [0.25, 0.3) is 0 Å².